The van der Waals surface area contributed by atoms with E-state index in [2.05, 4.69) is 34.5 Å². The molecule has 0 saturated carbocycles. The summed E-state index contributed by atoms with van der Waals surface area (Å²) in [5.41, 5.74) is 0. The maximum atomic E-state index is 5.51. The van der Waals surface area contributed by atoms with E-state index in [9.17, 15) is 0 Å². The topological polar surface area (TPSA) is 58.5 Å². The highest BCUT2D eigenvalue weighted by Crippen LogP contribution is 2.05. The first-order valence-electron chi connectivity index (χ1n) is 6.30. The molecule has 0 aliphatic carbocycles. The van der Waals surface area contributed by atoms with Gasteiger partial charge in [0.2, 0.25) is 0 Å². The lowest BCUT2D eigenvalue weighted by Crippen LogP contribution is -2.41. The van der Waals surface area contributed by atoms with Gasteiger partial charge in [0.15, 0.2) is 5.96 Å². The standard InChI is InChI=1S/C13H22N4O.HI/c1-4-15-13(17-11(2)3)16-8-9-18-12-6-5-7-14-10-12;/h5-7,10-11H,4,8-9H2,1-3H3,(H2,15,16,17);1H. The number of nitrogens with zero attached hydrogens (tertiary/aromatic N) is 2. The van der Waals surface area contributed by atoms with Crippen LogP contribution in [-0.4, -0.2) is 36.7 Å². The molecule has 0 saturated heterocycles. The third-order valence-corrected chi connectivity index (χ3v) is 2.03. The van der Waals surface area contributed by atoms with Crippen molar-refractivity contribution in [2.45, 2.75) is 26.8 Å². The molecule has 0 radical (unpaired) electrons. The first-order chi connectivity index (χ1) is 8.72. The Kier molecular flexibility index (Phi) is 10.2. The first-order valence-corrected chi connectivity index (χ1v) is 6.30. The number of guanidine groups is 1. The Morgan fingerprint density at radius 1 is 1.47 bits per heavy atom. The minimum absolute atomic E-state index is 0. The zero-order chi connectivity index (χ0) is 13.2. The fourth-order valence-electron chi connectivity index (χ4n) is 1.35. The summed E-state index contributed by atoms with van der Waals surface area (Å²) in [6, 6.07) is 4.10. The van der Waals surface area contributed by atoms with Crippen LogP contribution in [0.2, 0.25) is 0 Å². The summed E-state index contributed by atoms with van der Waals surface area (Å²) in [5, 5.41) is 6.43. The van der Waals surface area contributed by atoms with Crippen molar-refractivity contribution >= 4 is 29.9 Å². The van der Waals surface area contributed by atoms with Crippen LogP contribution in [0, 0.1) is 0 Å². The lowest BCUT2D eigenvalue weighted by atomic mass is 10.4. The third kappa shape index (κ3) is 8.63. The second kappa shape index (κ2) is 10.8. The van der Waals surface area contributed by atoms with Gasteiger partial charge in [0, 0.05) is 18.8 Å². The lowest BCUT2D eigenvalue weighted by Gasteiger charge is -2.13. The van der Waals surface area contributed by atoms with Crippen LogP contribution in [0.15, 0.2) is 29.5 Å². The predicted octanol–water partition coefficient (Wildman–Crippen LogP) is 2.04. The van der Waals surface area contributed by atoms with E-state index in [0.717, 1.165) is 18.3 Å². The van der Waals surface area contributed by atoms with Crippen LogP contribution in [0.5, 0.6) is 5.75 Å². The van der Waals surface area contributed by atoms with Crippen LogP contribution in [0.1, 0.15) is 20.8 Å². The molecule has 0 fully saturated rings. The largest absolute Gasteiger partial charge is 0.490 e. The molecule has 1 heterocycles. The molecule has 6 heteroatoms. The average Bonchev–Trinajstić information content (AvgIpc) is 2.35. The highest BCUT2D eigenvalue weighted by molar-refractivity contribution is 14.0. The van der Waals surface area contributed by atoms with Crippen LogP contribution in [0.4, 0.5) is 0 Å². The molecule has 2 N–H and O–H groups in total. The molecular weight excluding hydrogens is 355 g/mol. The molecule has 19 heavy (non-hydrogen) atoms. The summed E-state index contributed by atoms with van der Waals surface area (Å²) in [5.74, 6) is 1.59. The maximum Gasteiger partial charge on any atom is 0.191 e. The van der Waals surface area contributed by atoms with E-state index in [1.807, 2.05) is 19.1 Å². The van der Waals surface area contributed by atoms with Crippen molar-refractivity contribution in [1.82, 2.24) is 15.6 Å². The SMILES string of the molecule is CCNC(=NCCOc1cccnc1)NC(C)C.I. The van der Waals surface area contributed by atoms with Crippen molar-refractivity contribution in [2.24, 2.45) is 4.99 Å². The monoisotopic (exact) mass is 378 g/mol. The molecule has 0 aromatic carbocycles. The van der Waals surface area contributed by atoms with Gasteiger partial charge < -0.3 is 15.4 Å². The van der Waals surface area contributed by atoms with Crippen molar-refractivity contribution in [3.8, 4) is 5.75 Å². The Morgan fingerprint density at radius 3 is 2.84 bits per heavy atom. The summed E-state index contributed by atoms with van der Waals surface area (Å²) in [4.78, 5) is 8.40. The Balaban J connectivity index is 0.00000324. The fraction of sp³-hybridized carbons (Fsp3) is 0.538. The van der Waals surface area contributed by atoms with Crippen LogP contribution >= 0.6 is 24.0 Å². The van der Waals surface area contributed by atoms with Crippen LogP contribution < -0.4 is 15.4 Å². The van der Waals surface area contributed by atoms with Gasteiger partial charge in [0.1, 0.15) is 12.4 Å². The smallest absolute Gasteiger partial charge is 0.191 e. The molecule has 0 amide bonds. The van der Waals surface area contributed by atoms with E-state index in [-0.39, 0.29) is 24.0 Å². The van der Waals surface area contributed by atoms with Crippen molar-refractivity contribution < 1.29 is 4.74 Å². The van der Waals surface area contributed by atoms with Gasteiger partial charge in [-0.2, -0.15) is 0 Å². The second-order valence-electron chi connectivity index (χ2n) is 4.10. The fourth-order valence-corrected chi connectivity index (χ4v) is 1.35. The number of halogens is 1. The highest BCUT2D eigenvalue weighted by Gasteiger charge is 1.98. The number of aromatic nitrogens is 1. The lowest BCUT2D eigenvalue weighted by molar-refractivity contribution is 0.327. The van der Waals surface area contributed by atoms with E-state index in [0.29, 0.717) is 19.2 Å². The molecule has 1 aromatic rings. The van der Waals surface area contributed by atoms with Gasteiger partial charge in [-0.3, -0.25) is 4.98 Å². The summed E-state index contributed by atoms with van der Waals surface area (Å²) >= 11 is 0. The molecule has 0 bridgehead atoms. The van der Waals surface area contributed by atoms with Crippen molar-refractivity contribution in [2.75, 3.05) is 19.7 Å². The van der Waals surface area contributed by atoms with Gasteiger partial charge in [-0.1, -0.05) is 0 Å². The van der Waals surface area contributed by atoms with Gasteiger partial charge in [-0.25, -0.2) is 4.99 Å². The Hall–Kier alpha value is -1.05. The van der Waals surface area contributed by atoms with Gasteiger partial charge in [0.05, 0.1) is 12.7 Å². The van der Waals surface area contributed by atoms with E-state index in [1.165, 1.54) is 0 Å². The number of nitrogens with one attached hydrogen (secondary N) is 2. The van der Waals surface area contributed by atoms with E-state index in [4.69, 9.17) is 4.74 Å². The van der Waals surface area contributed by atoms with Crippen LogP contribution in [0.3, 0.4) is 0 Å². The van der Waals surface area contributed by atoms with Crippen molar-refractivity contribution in [3.63, 3.8) is 0 Å². The molecule has 0 atom stereocenters. The number of ether oxygens (including phenoxy) is 1. The molecule has 5 nitrogen and oxygen atoms in total. The second-order valence-corrected chi connectivity index (χ2v) is 4.10. The molecule has 1 rings (SSSR count). The summed E-state index contributed by atoms with van der Waals surface area (Å²) in [6.45, 7) is 8.21. The Labute approximate surface area is 132 Å². The summed E-state index contributed by atoms with van der Waals surface area (Å²) in [6.07, 6.45) is 3.42. The number of aliphatic imine (C=N–C) groups is 1. The summed E-state index contributed by atoms with van der Waals surface area (Å²) in [7, 11) is 0. The molecule has 108 valence electrons. The number of pyridine rings is 1. The normalized spacial score (nSPS) is 10.8. The van der Waals surface area contributed by atoms with Gasteiger partial charge in [-0.15, -0.1) is 24.0 Å². The maximum absolute atomic E-state index is 5.51. The molecule has 0 aliphatic rings. The minimum Gasteiger partial charge on any atom is -0.490 e. The van der Waals surface area contributed by atoms with Crippen LogP contribution in [0.25, 0.3) is 0 Å². The first kappa shape index (κ1) is 17.9. The van der Waals surface area contributed by atoms with E-state index < -0.39 is 0 Å². The third-order valence-electron chi connectivity index (χ3n) is 2.03. The van der Waals surface area contributed by atoms with Gasteiger partial charge in [-0.05, 0) is 32.9 Å². The van der Waals surface area contributed by atoms with Crippen molar-refractivity contribution in [3.05, 3.63) is 24.5 Å². The quantitative estimate of drug-likeness (QED) is 0.344. The molecule has 0 unspecified atom stereocenters. The number of hydrogen-bond donors (Lipinski definition) is 2. The number of rotatable bonds is 6. The zero-order valence-corrected chi connectivity index (χ0v) is 14.0. The predicted molar refractivity (Wildman–Crippen MR) is 89.4 cm³/mol. The molecule has 0 aliphatic heterocycles. The van der Waals surface area contributed by atoms with Gasteiger partial charge in [0.25, 0.3) is 0 Å². The number of hydrogen-bond acceptors (Lipinski definition) is 3. The average molecular weight is 378 g/mol. The van der Waals surface area contributed by atoms with E-state index >= 15 is 0 Å². The molecule has 1 aromatic heterocycles. The minimum atomic E-state index is 0. The molecule has 0 spiro atoms. The zero-order valence-electron chi connectivity index (χ0n) is 11.7. The van der Waals surface area contributed by atoms with E-state index in [1.54, 1.807) is 12.4 Å². The highest BCUT2D eigenvalue weighted by atomic mass is 127. The van der Waals surface area contributed by atoms with Gasteiger partial charge >= 0.3 is 0 Å². The van der Waals surface area contributed by atoms with Crippen LogP contribution in [-0.2, 0) is 0 Å². The molecular formula is C13H23IN4O. The summed E-state index contributed by atoms with van der Waals surface area (Å²) < 4.78 is 5.51. The Morgan fingerprint density at radius 2 is 2.26 bits per heavy atom. The van der Waals surface area contributed by atoms with Crippen molar-refractivity contribution in [1.29, 1.82) is 0 Å². The Bertz CT molecular complexity index is 357.